The number of rotatable bonds is 2. The van der Waals surface area contributed by atoms with Crippen molar-refractivity contribution < 1.29 is 4.52 Å². The van der Waals surface area contributed by atoms with Crippen LogP contribution in [0.5, 0.6) is 0 Å². The molecule has 2 aromatic rings. The first kappa shape index (κ1) is 12.3. The van der Waals surface area contributed by atoms with Gasteiger partial charge in [0.1, 0.15) is 11.6 Å². The number of nitrogens with zero attached hydrogens (tertiary/aromatic N) is 4. The molecule has 5 heteroatoms. The lowest BCUT2D eigenvalue weighted by atomic mass is 10.1. The summed E-state index contributed by atoms with van der Waals surface area (Å²) in [6.07, 6.45) is 2.94. The third-order valence-electron chi connectivity index (χ3n) is 3.70. The SMILES string of the molecule is Cc1ncc2c(n1)CCN(Cc1c(C)noc1C)C2. The minimum absolute atomic E-state index is 0.859. The monoisotopic (exact) mass is 258 g/mol. The van der Waals surface area contributed by atoms with Crippen LogP contribution in [0.4, 0.5) is 0 Å². The Kier molecular flexibility index (Phi) is 3.06. The highest BCUT2D eigenvalue weighted by atomic mass is 16.5. The highest BCUT2D eigenvalue weighted by Crippen LogP contribution is 2.21. The Labute approximate surface area is 112 Å². The molecule has 2 aromatic heterocycles. The molecule has 0 atom stereocenters. The topological polar surface area (TPSA) is 55.1 Å². The van der Waals surface area contributed by atoms with Crippen molar-refractivity contribution in [1.29, 1.82) is 0 Å². The third kappa shape index (κ3) is 2.38. The first-order valence-corrected chi connectivity index (χ1v) is 6.59. The summed E-state index contributed by atoms with van der Waals surface area (Å²) in [6.45, 7) is 8.72. The van der Waals surface area contributed by atoms with Gasteiger partial charge in [-0.05, 0) is 20.8 Å². The van der Waals surface area contributed by atoms with Gasteiger partial charge in [0, 0.05) is 49.1 Å². The van der Waals surface area contributed by atoms with Gasteiger partial charge in [0.2, 0.25) is 0 Å². The Bertz CT molecular complexity index is 586. The summed E-state index contributed by atoms with van der Waals surface area (Å²) in [5, 5.41) is 4.01. The second-order valence-electron chi connectivity index (χ2n) is 5.15. The summed E-state index contributed by atoms with van der Waals surface area (Å²) in [4.78, 5) is 11.2. The van der Waals surface area contributed by atoms with E-state index in [2.05, 4.69) is 20.0 Å². The molecule has 1 aliphatic rings. The van der Waals surface area contributed by atoms with E-state index in [0.29, 0.717) is 0 Å². The fraction of sp³-hybridized carbons (Fsp3) is 0.500. The first-order valence-electron chi connectivity index (χ1n) is 6.59. The molecule has 1 aliphatic heterocycles. The lowest BCUT2D eigenvalue weighted by Gasteiger charge is -2.27. The molecule has 0 saturated carbocycles. The number of hydrogen-bond donors (Lipinski definition) is 0. The zero-order valence-electron chi connectivity index (χ0n) is 11.6. The molecule has 5 nitrogen and oxygen atoms in total. The van der Waals surface area contributed by atoms with Gasteiger partial charge in [0.25, 0.3) is 0 Å². The molecule has 0 fully saturated rings. The van der Waals surface area contributed by atoms with Crippen molar-refractivity contribution in [2.45, 2.75) is 40.3 Å². The van der Waals surface area contributed by atoms with Crippen LogP contribution < -0.4 is 0 Å². The summed E-state index contributed by atoms with van der Waals surface area (Å²) in [5.74, 6) is 1.78. The zero-order valence-corrected chi connectivity index (χ0v) is 11.6. The minimum Gasteiger partial charge on any atom is -0.361 e. The lowest BCUT2D eigenvalue weighted by molar-refractivity contribution is 0.240. The van der Waals surface area contributed by atoms with E-state index in [4.69, 9.17) is 4.52 Å². The van der Waals surface area contributed by atoms with Gasteiger partial charge >= 0.3 is 0 Å². The molecule has 3 heterocycles. The quantitative estimate of drug-likeness (QED) is 0.824. The van der Waals surface area contributed by atoms with E-state index < -0.39 is 0 Å². The molecule has 0 radical (unpaired) electrons. The molecule has 0 aliphatic carbocycles. The standard InChI is InChI=1S/C14H18N4O/c1-9-13(10(2)19-17-9)8-18-5-4-14-12(7-18)6-15-11(3)16-14/h6H,4-5,7-8H2,1-3H3. The van der Waals surface area contributed by atoms with Gasteiger partial charge in [-0.2, -0.15) is 0 Å². The van der Waals surface area contributed by atoms with Gasteiger partial charge < -0.3 is 4.52 Å². The Balaban J connectivity index is 1.77. The Morgan fingerprint density at radius 1 is 1.32 bits per heavy atom. The van der Waals surface area contributed by atoms with Crippen molar-refractivity contribution in [3.63, 3.8) is 0 Å². The van der Waals surface area contributed by atoms with E-state index in [1.54, 1.807) is 0 Å². The molecule has 100 valence electrons. The van der Waals surface area contributed by atoms with Crippen LogP contribution in [0.2, 0.25) is 0 Å². The average molecular weight is 258 g/mol. The molecule has 0 bridgehead atoms. The van der Waals surface area contributed by atoms with Crippen LogP contribution in [0.15, 0.2) is 10.7 Å². The molecule has 0 N–H and O–H groups in total. The summed E-state index contributed by atoms with van der Waals surface area (Å²) >= 11 is 0. The number of aryl methyl sites for hydroxylation is 3. The highest BCUT2D eigenvalue weighted by Gasteiger charge is 2.20. The first-order chi connectivity index (χ1) is 9.13. The van der Waals surface area contributed by atoms with Gasteiger partial charge in [0.05, 0.1) is 5.69 Å². The average Bonchev–Trinajstić information content (AvgIpc) is 2.71. The minimum atomic E-state index is 0.859. The Hall–Kier alpha value is -1.75. The summed E-state index contributed by atoms with van der Waals surface area (Å²) in [5.41, 5.74) is 4.63. The molecule has 19 heavy (non-hydrogen) atoms. The largest absolute Gasteiger partial charge is 0.361 e. The van der Waals surface area contributed by atoms with E-state index in [0.717, 1.165) is 43.3 Å². The molecule has 3 rings (SSSR count). The van der Waals surface area contributed by atoms with Crippen LogP contribution in [0.1, 0.15) is 34.1 Å². The van der Waals surface area contributed by atoms with Crippen LogP contribution in [-0.2, 0) is 19.5 Å². The van der Waals surface area contributed by atoms with Crippen LogP contribution in [0.3, 0.4) is 0 Å². The third-order valence-corrected chi connectivity index (χ3v) is 3.70. The molecule has 0 aromatic carbocycles. The van der Waals surface area contributed by atoms with Crippen molar-refractivity contribution >= 4 is 0 Å². The van der Waals surface area contributed by atoms with Crippen molar-refractivity contribution in [3.8, 4) is 0 Å². The Morgan fingerprint density at radius 2 is 2.16 bits per heavy atom. The number of fused-ring (bicyclic) bond motifs is 1. The van der Waals surface area contributed by atoms with Crippen LogP contribution in [-0.4, -0.2) is 26.6 Å². The molecule has 0 amide bonds. The van der Waals surface area contributed by atoms with Crippen molar-refractivity contribution in [3.05, 3.63) is 40.3 Å². The predicted molar refractivity (Wildman–Crippen MR) is 70.6 cm³/mol. The van der Waals surface area contributed by atoms with Gasteiger partial charge in [-0.25, -0.2) is 9.97 Å². The fourth-order valence-electron chi connectivity index (χ4n) is 2.56. The molecular weight excluding hydrogens is 240 g/mol. The van der Waals surface area contributed by atoms with Gasteiger partial charge in [0.15, 0.2) is 0 Å². The van der Waals surface area contributed by atoms with E-state index in [9.17, 15) is 0 Å². The van der Waals surface area contributed by atoms with E-state index in [1.807, 2.05) is 27.0 Å². The number of aromatic nitrogens is 3. The van der Waals surface area contributed by atoms with Crippen molar-refractivity contribution in [1.82, 2.24) is 20.0 Å². The van der Waals surface area contributed by atoms with Crippen LogP contribution >= 0.6 is 0 Å². The Morgan fingerprint density at radius 3 is 2.89 bits per heavy atom. The maximum atomic E-state index is 5.22. The molecule has 0 spiro atoms. The molecule has 0 unspecified atom stereocenters. The number of hydrogen-bond acceptors (Lipinski definition) is 5. The van der Waals surface area contributed by atoms with E-state index in [-0.39, 0.29) is 0 Å². The van der Waals surface area contributed by atoms with Gasteiger partial charge in [-0.1, -0.05) is 5.16 Å². The lowest BCUT2D eigenvalue weighted by Crippen LogP contribution is -2.31. The highest BCUT2D eigenvalue weighted by molar-refractivity contribution is 5.23. The van der Waals surface area contributed by atoms with Gasteiger partial charge in [-0.3, -0.25) is 4.90 Å². The van der Waals surface area contributed by atoms with E-state index >= 15 is 0 Å². The van der Waals surface area contributed by atoms with Crippen molar-refractivity contribution in [2.75, 3.05) is 6.54 Å². The summed E-state index contributed by atoms with van der Waals surface area (Å²) in [7, 11) is 0. The van der Waals surface area contributed by atoms with Crippen LogP contribution in [0.25, 0.3) is 0 Å². The maximum absolute atomic E-state index is 5.22. The zero-order chi connectivity index (χ0) is 13.4. The second kappa shape index (κ2) is 4.74. The smallest absolute Gasteiger partial charge is 0.138 e. The maximum Gasteiger partial charge on any atom is 0.138 e. The fourth-order valence-corrected chi connectivity index (χ4v) is 2.56. The van der Waals surface area contributed by atoms with E-state index in [1.165, 1.54) is 16.8 Å². The van der Waals surface area contributed by atoms with Crippen molar-refractivity contribution in [2.24, 2.45) is 0 Å². The molecular formula is C14H18N4O. The molecule has 0 saturated heterocycles. The normalized spacial score (nSPS) is 15.5. The summed E-state index contributed by atoms with van der Waals surface area (Å²) in [6, 6.07) is 0. The van der Waals surface area contributed by atoms with Crippen LogP contribution in [0, 0.1) is 20.8 Å². The second-order valence-corrected chi connectivity index (χ2v) is 5.15. The predicted octanol–water partition coefficient (Wildman–Crippen LogP) is 1.95. The summed E-state index contributed by atoms with van der Waals surface area (Å²) < 4.78 is 5.22. The van der Waals surface area contributed by atoms with Gasteiger partial charge in [-0.15, -0.1) is 0 Å².